The quantitative estimate of drug-likeness (QED) is 0.693. The maximum absolute atomic E-state index is 3.45. The van der Waals surface area contributed by atoms with Gasteiger partial charge in [-0.15, -0.1) is 0 Å². The van der Waals surface area contributed by atoms with Gasteiger partial charge in [0.05, 0.1) is 0 Å². The fourth-order valence-corrected chi connectivity index (χ4v) is 1.53. The first-order chi connectivity index (χ1) is 5.79. The van der Waals surface area contributed by atoms with Crippen LogP contribution in [0, 0.1) is 5.92 Å². The van der Waals surface area contributed by atoms with E-state index in [2.05, 4.69) is 24.1 Å². The molecular weight excluding hydrogens is 148 g/mol. The van der Waals surface area contributed by atoms with Crippen LogP contribution in [0.5, 0.6) is 0 Å². The van der Waals surface area contributed by atoms with Crippen LogP contribution in [0.4, 0.5) is 0 Å². The maximum atomic E-state index is 3.45. The van der Waals surface area contributed by atoms with Crippen molar-refractivity contribution in [3.8, 4) is 0 Å². The molecule has 0 unspecified atom stereocenters. The molecule has 72 valence electrons. The normalized spacial score (nSPS) is 21.2. The van der Waals surface area contributed by atoms with Gasteiger partial charge in [-0.25, -0.2) is 0 Å². The molecule has 0 bridgehead atoms. The van der Waals surface area contributed by atoms with Crippen molar-refractivity contribution < 1.29 is 0 Å². The maximum Gasteiger partial charge on any atom is 0.0480 e. The summed E-state index contributed by atoms with van der Waals surface area (Å²) in [6.07, 6.45) is 4.05. The van der Waals surface area contributed by atoms with Crippen LogP contribution in [0.1, 0.15) is 33.1 Å². The van der Waals surface area contributed by atoms with Crippen molar-refractivity contribution in [3.05, 3.63) is 0 Å². The Morgan fingerprint density at radius 3 is 2.92 bits per heavy atom. The minimum absolute atomic E-state index is 0.841. The van der Waals surface area contributed by atoms with Crippen LogP contribution in [0.2, 0.25) is 0 Å². The zero-order valence-electron chi connectivity index (χ0n) is 8.47. The predicted molar refractivity (Wildman–Crippen MR) is 53.1 cm³/mol. The highest BCUT2D eigenvalue weighted by atomic mass is 15.2. The van der Waals surface area contributed by atoms with Gasteiger partial charge >= 0.3 is 0 Å². The highest BCUT2D eigenvalue weighted by Crippen LogP contribution is 2.04. The summed E-state index contributed by atoms with van der Waals surface area (Å²) in [6, 6.07) is 0. The minimum atomic E-state index is 0.841. The lowest BCUT2D eigenvalue weighted by atomic mass is 10.1. The van der Waals surface area contributed by atoms with Crippen LogP contribution >= 0.6 is 0 Å². The molecule has 1 fully saturated rings. The Balaban J connectivity index is 2.12. The van der Waals surface area contributed by atoms with Crippen molar-refractivity contribution in [1.29, 1.82) is 0 Å². The highest BCUT2D eigenvalue weighted by molar-refractivity contribution is 4.63. The summed E-state index contributed by atoms with van der Waals surface area (Å²) in [5, 5.41) is 3.45. The summed E-state index contributed by atoms with van der Waals surface area (Å²) in [7, 11) is 0. The van der Waals surface area contributed by atoms with E-state index >= 15 is 0 Å². The van der Waals surface area contributed by atoms with Gasteiger partial charge < -0.3 is 5.32 Å². The largest absolute Gasteiger partial charge is 0.304 e. The molecule has 0 aromatic rings. The molecule has 0 saturated carbocycles. The molecule has 1 rings (SSSR count). The minimum Gasteiger partial charge on any atom is -0.304 e. The van der Waals surface area contributed by atoms with Crippen molar-refractivity contribution in [2.45, 2.75) is 33.1 Å². The lowest BCUT2D eigenvalue weighted by molar-refractivity contribution is 0.255. The van der Waals surface area contributed by atoms with Crippen molar-refractivity contribution in [2.24, 2.45) is 5.92 Å². The van der Waals surface area contributed by atoms with Gasteiger partial charge in [0, 0.05) is 6.67 Å². The number of nitrogens with zero attached hydrogens (tertiary/aromatic N) is 1. The fourth-order valence-electron chi connectivity index (χ4n) is 1.53. The molecule has 0 spiro atoms. The van der Waals surface area contributed by atoms with E-state index in [9.17, 15) is 0 Å². The monoisotopic (exact) mass is 170 g/mol. The molecule has 0 aromatic carbocycles. The number of rotatable bonds is 3. The summed E-state index contributed by atoms with van der Waals surface area (Å²) < 4.78 is 0. The third kappa shape index (κ3) is 4.07. The first-order valence-electron chi connectivity index (χ1n) is 5.22. The lowest BCUT2D eigenvalue weighted by Gasteiger charge is -2.20. The van der Waals surface area contributed by atoms with Gasteiger partial charge in [0.1, 0.15) is 0 Å². The van der Waals surface area contributed by atoms with Crippen molar-refractivity contribution in [3.63, 3.8) is 0 Å². The summed E-state index contributed by atoms with van der Waals surface area (Å²) >= 11 is 0. The molecule has 1 saturated heterocycles. The fraction of sp³-hybridized carbons (Fsp3) is 1.00. The number of hydrogen-bond donors (Lipinski definition) is 1. The molecule has 0 atom stereocenters. The second kappa shape index (κ2) is 5.55. The summed E-state index contributed by atoms with van der Waals surface area (Å²) in [6.45, 7) is 9.46. The van der Waals surface area contributed by atoms with Crippen LogP contribution in [0.15, 0.2) is 0 Å². The van der Waals surface area contributed by atoms with E-state index < -0.39 is 0 Å². The van der Waals surface area contributed by atoms with E-state index in [1.165, 1.54) is 38.9 Å². The van der Waals surface area contributed by atoms with Crippen LogP contribution in [-0.2, 0) is 0 Å². The Labute approximate surface area is 76.3 Å². The summed E-state index contributed by atoms with van der Waals surface area (Å²) in [5.41, 5.74) is 0. The zero-order chi connectivity index (χ0) is 8.81. The molecule has 1 aliphatic heterocycles. The second-order valence-corrected chi connectivity index (χ2v) is 4.17. The SMILES string of the molecule is CC(C)CCN1CCCCNC1. The van der Waals surface area contributed by atoms with Crippen LogP contribution in [-0.4, -0.2) is 31.2 Å². The van der Waals surface area contributed by atoms with Crippen molar-refractivity contribution >= 4 is 0 Å². The average molecular weight is 170 g/mol. The molecular formula is C10H22N2. The van der Waals surface area contributed by atoms with Gasteiger partial charge in [-0.05, 0) is 44.8 Å². The van der Waals surface area contributed by atoms with Gasteiger partial charge in [-0.3, -0.25) is 4.90 Å². The standard InChI is InChI=1S/C10H22N2/c1-10(2)5-8-12-7-4-3-6-11-9-12/h10-11H,3-9H2,1-2H3. The summed E-state index contributed by atoms with van der Waals surface area (Å²) in [5.74, 6) is 0.841. The Bertz CT molecular complexity index is 104. The molecule has 0 aliphatic carbocycles. The van der Waals surface area contributed by atoms with Crippen molar-refractivity contribution in [1.82, 2.24) is 10.2 Å². The molecule has 2 heteroatoms. The van der Waals surface area contributed by atoms with Gasteiger partial charge in [-0.2, -0.15) is 0 Å². The van der Waals surface area contributed by atoms with E-state index in [4.69, 9.17) is 0 Å². The van der Waals surface area contributed by atoms with E-state index in [1.807, 2.05) is 0 Å². The molecule has 0 radical (unpaired) electrons. The smallest absolute Gasteiger partial charge is 0.0480 e. The van der Waals surface area contributed by atoms with E-state index in [0.717, 1.165) is 12.6 Å². The second-order valence-electron chi connectivity index (χ2n) is 4.17. The molecule has 1 heterocycles. The van der Waals surface area contributed by atoms with Gasteiger partial charge in [0.25, 0.3) is 0 Å². The Morgan fingerprint density at radius 1 is 1.33 bits per heavy atom. The van der Waals surface area contributed by atoms with Gasteiger partial charge in [-0.1, -0.05) is 13.8 Å². The molecule has 12 heavy (non-hydrogen) atoms. The van der Waals surface area contributed by atoms with E-state index in [-0.39, 0.29) is 0 Å². The highest BCUT2D eigenvalue weighted by Gasteiger charge is 2.07. The Hall–Kier alpha value is -0.0800. The summed E-state index contributed by atoms with van der Waals surface area (Å²) in [4.78, 5) is 2.53. The number of hydrogen-bond acceptors (Lipinski definition) is 2. The predicted octanol–water partition coefficient (Wildman–Crippen LogP) is 1.68. The average Bonchev–Trinajstić information content (AvgIpc) is 2.28. The first-order valence-corrected chi connectivity index (χ1v) is 5.22. The van der Waals surface area contributed by atoms with Crippen LogP contribution in [0.3, 0.4) is 0 Å². The van der Waals surface area contributed by atoms with Crippen molar-refractivity contribution in [2.75, 3.05) is 26.3 Å². The van der Waals surface area contributed by atoms with E-state index in [1.54, 1.807) is 0 Å². The third-order valence-corrected chi connectivity index (χ3v) is 2.44. The van der Waals surface area contributed by atoms with Crippen LogP contribution < -0.4 is 5.32 Å². The Kier molecular flexibility index (Phi) is 4.62. The molecule has 0 aromatic heterocycles. The first kappa shape index (κ1) is 10.0. The van der Waals surface area contributed by atoms with Crippen LogP contribution in [0.25, 0.3) is 0 Å². The Morgan fingerprint density at radius 2 is 2.17 bits per heavy atom. The zero-order valence-corrected chi connectivity index (χ0v) is 8.47. The molecule has 1 aliphatic rings. The molecule has 1 N–H and O–H groups in total. The third-order valence-electron chi connectivity index (χ3n) is 2.44. The molecule has 0 amide bonds. The number of nitrogens with one attached hydrogen (secondary N) is 1. The van der Waals surface area contributed by atoms with Gasteiger partial charge in [0.2, 0.25) is 0 Å². The van der Waals surface area contributed by atoms with E-state index in [0.29, 0.717) is 0 Å². The lowest BCUT2D eigenvalue weighted by Crippen LogP contribution is -2.33. The van der Waals surface area contributed by atoms with Gasteiger partial charge in [0.15, 0.2) is 0 Å². The topological polar surface area (TPSA) is 15.3 Å². The molecule has 2 nitrogen and oxygen atoms in total.